The summed E-state index contributed by atoms with van der Waals surface area (Å²) in [7, 11) is 4.19. The van der Waals surface area contributed by atoms with Gasteiger partial charge < -0.3 is 14.4 Å². The molecule has 0 aromatic rings. The molecule has 3 unspecified atom stereocenters. The van der Waals surface area contributed by atoms with E-state index in [4.69, 9.17) is 9.47 Å². The normalized spacial score (nSPS) is 35.9. The summed E-state index contributed by atoms with van der Waals surface area (Å²) in [6.07, 6.45) is 20.4. The second-order valence-corrected chi connectivity index (χ2v) is 15.1. The number of ether oxygens (including phenoxy) is 2. The highest BCUT2D eigenvalue weighted by Crippen LogP contribution is 2.63. The van der Waals surface area contributed by atoms with Crippen LogP contribution in [-0.4, -0.2) is 51.5 Å². The molecule has 0 aliphatic heterocycles. The lowest BCUT2D eigenvalue weighted by Crippen LogP contribution is -2.44. The van der Waals surface area contributed by atoms with E-state index < -0.39 is 0 Å². The van der Waals surface area contributed by atoms with E-state index in [0.717, 1.165) is 87.1 Å². The van der Waals surface area contributed by atoms with E-state index in [-0.39, 0.29) is 0 Å². The zero-order chi connectivity index (χ0) is 28.4. The molecular weight excluding hydrogens is 478 g/mol. The Morgan fingerprint density at radius 3 is 2.44 bits per heavy atom. The van der Waals surface area contributed by atoms with Crippen LogP contribution in [0.1, 0.15) is 125 Å². The van der Waals surface area contributed by atoms with Crippen LogP contribution in [-0.2, 0) is 9.47 Å². The van der Waals surface area contributed by atoms with Gasteiger partial charge in [-0.05, 0) is 132 Å². The minimum Gasteiger partial charge on any atom is -0.380 e. The Bertz CT molecular complexity index is 717. The van der Waals surface area contributed by atoms with Gasteiger partial charge in [0, 0.05) is 19.8 Å². The molecule has 0 radical (unpaired) electrons. The summed E-state index contributed by atoms with van der Waals surface area (Å²) in [5.74, 6) is 6.25. The van der Waals surface area contributed by atoms with Crippen molar-refractivity contribution in [1.29, 1.82) is 0 Å². The highest BCUT2D eigenvalue weighted by Gasteiger charge is 2.54. The van der Waals surface area contributed by atoms with Crippen LogP contribution in [0.15, 0.2) is 11.6 Å². The predicted molar refractivity (Wildman–Crippen MR) is 168 cm³/mol. The van der Waals surface area contributed by atoms with Gasteiger partial charge in [0.25, 0.3) is 0 Å². The van der Waals surface area contributed by atoms with Crippen molar-refractivity contribution in [1.82, 2.24) is 4.90 Å². The minimum atomic E-state index is 0.395. The number of unbranched alkanes of at least 4 members (excludes halogenated alkanes) is 1. The van der Waals surface area contributed by atoms with Crippen molar-refractivity contribution in [3.05, 3.63) is 11.6 Å². The summed E-state index contributed by atoms with van der Waals surface area (Å²) in [6.45, 7) is 18.6. The fourth-order valence-corrected chi connectivity index (χ4v) is 8.98. The average Bonchev–Trinajstić information content (AvgIpc) is 3.23. The van der Waals surface area contributed by atoms with Crippen molar-refractivity contribution in [2.45, 2.75) is 131 Å². The third kappa shape index (κ3) is 9.85. The number of hydrogen-bond acceptors (Lipinski definition) is 3. The number of likely N-dealkylation sites (N-methyl/N-ethyl adjacent to an activating group) is 1. The first-order valence-corrected chi connectivity index (χ1v) is 17.1. The van der Waals surface area contributed by atoms with Crippen molar-refractivity contribution in [3.63, 3.8) is 0 Å². The zero-order valence-corrected chi connectivity index (χ0v) is 27.5. The van der Waals surface area contributed by atoms with E-state index >= 15 is 0 Å². The third-order valence-corrected chi connectivity index (χ3v) is 11.4. The standard InChI is InChI=1S/C36H67NO2/c1-27(2)12-11-13-30(5)34-18-19-35-33-17-14-28(3)26-31(39-24-10-9-23-38-25-22-37(7)8)16-15-29(4)32(33)20-21-36(34,35)6/h14,27,29-35H,9-13,15-26H2,1-8H3/b28-14+/t29-,30+,31-,32?,33?,34+,35?,36+/m0/s1. The molecule has 0 N–H and O–H groups in total. The van der Waals surface area contributed by atoms with Gasteiger partial charge in [-0.25, -0.2) is 0 Å². The number of allylic oxidation sites excluding steroid dienone is 1. The molecule has 0 aromatic carbocycles. The van der Waals surface area contributed by atoms with E-state index in [9.17, 15) is 0 Å². The topological polar surface area (TPSA) is 21.7 Å². The Balaban J connectivity index is 1.53. The molecule has 0 bridgehead atoms. The quantitative estimate of drug-likeness (QED) is 0.160. The lowest BCUT2D eigenvalue weighted by molar-refractivity contribution is -0.0256. The molecule has 0 heterocycles. The Labute approximate surface area is 244 Å². The molecule has 2 saturated carbocycles. The van der Waals surface area contributed by atoms with Gasteiger partial charge in [-0.3, -0.25) is 0 Å². The van der Waals surface area contributed by atoms with Gasteiger partial charge in [-0.1, -0.05) is 65.5 Å². The SMILES string of the molecule is C/C1=C\CC2C(CC[C@@]3(C)C2CC[C@@H]3[C@H](C)CCCC(C)C)[C@@H](C)CC[C@H](OCCCCOCCN(C)C)C1. The molecule has 8 atom stereocenters. The molecular formula is C36H67NO2. The van der Waals surface area contributed by atoms with Crippen molar-refractivity contribution in [2.75, 3.05) is 40.5 Å². The molecule has 0 aromatic heterocycles. The molecule has 2 fully saturated rings. The lowest BCUT2D eigenvalue weighted by atomic mass is 9.53. The largest absolute Gasteiger partial charge is 0.380 e. The Morgan fingerprint density at radius 1 is 0.923 bits per heavy atom. The van der Waals surface area contributed by atoms with Crippen molar-refractivity contribution >= 4 is 0 Å². The molecule has 39 heavy (non-hydrogen) atoms. The van der Waals surface area contributed by atoms with E-state index in [2.05, 4.69) is 66.6 Å². The molecule has 3 rings (SSSR count). The molecule has 3 heteroatoms. The monoisotopic (exact) mass is 546 g/mol. The highest BCUT2D eigenvalue weighted by molar-refractivity contribution is 5.08. The van der Waals surface area contributed by atoms with Crippen LogP contribution < -0.4 is 0 Å². The first-order valence-electron chi connectivity index (χ1n) is 17.1. The first kappa shape index (κ1) is 33.1. The molecule has 228 valence electrons. The average molecular weight is 546 g/mol. The lowest BCUT2D eigenvalue weighted by Gasteiger charge is -2.51. The number of rotatable bonds is 14. The van der Waals surface area contributed by atoms with Gasteiger partial charge >= 0.3 is 0 Å². The summed E-state index contributed by atoms with van der Waals surface area (Å²) < 4.78 is 12.2. The molecule has 3 nitrogen and oxygen atoms in total. The number of nitrogens with zero attached hydrogens (tertiary/aromatic N) is 1. The van der Waals surface area contributed by atoms with Crippen molar-refractivity contribution in [2.24, 2.45) is 46.8 Å². The summed E-state index contributed by atoms with van der Waals surface area (Å²) in [6, 6.07) is 0. The van der Waals surface area contributed by atoms with Crippen LogP contribution >= 0.6 is 0 Å². The molecule has 0 amide bonds. The van der Waals surface area contributed by atoms with Gasteiger partial charge in [0.15, 0.2) is 0 Å². The Hall–Kier alpha value is -0.380. The van der Waals surface area contributed by atoms with Crippen LogP contribution in [0.3, 0.4) is 0 Å². The second kappa shape index (κ2) is 16.3. The maximum atomic E-state index is 6.48. The molecule has 3 aliphatic rings. The van der Waals surface area contributed by atoms with Crippen LogP contribution in [0.5, 0.6) is 0 Å². The second-order valence-electron chi connectivity index (χ2n) is 15.1. The molecule has 0 saturated heterocycles. The fraction of sp³-hybridized carbons (Fsp3) is 0.944. The highest BCUT2D eigenvalue weighted by atomic mass is 16.5. The van der Waals surface area contributed by atoms with Crippen LogP contribution in [0.25, 0.3) is 0 Å². The van der Waals surface area contributed by atoms with E-state index in [1.807, 2.05) is 0 Å². The summed E-state index contributed by atoms with van der Waals surface area (Å²) in [5, 5.41) is 0. The maximum Gasteiger partial charge on any atom is 0.0612 e. The predicted octanol–water partition coefficient (Wildman–Crippen LogP) is 9.41. The Morgan fingerprint density at radius 2 is 1.69 bits per heavy atom. The van der Waals surface area contributed by atoms with E-state index in [1.54, 1.807) is 5.57 Å². The number of hydrogen-bond donors (Lipinski definition) is 0. The zero-order valence-electron chi connectivity index (χ0n) is 27.5. The minimum absolute atomic E-state index is 0.395. The van der Waals surface area contributed by atoms with Gasteiger partial charge in [0.05, 0.1) is 12.7 Å². The smallest absolute Gasteiger partial charge is 0.0612 e. The van der Waals surface area contributed by atoms with Gasteiger partial charge in [-0.15, -0.1) is 0 Å². The summed E-state index contributed by atoms with van der Waals surface area (Å²) in [4.78, 5) is 2.18. The van der Waals surface area contributed by atoms with Gasteiger partial charge in [0.1, 0.15) is 0 Å². The summed E-state index contributed by atoms with van der Waals surface area (Å²) >= 11 is 0. The van der Waals surface area contributed by atoms with E-state index in [1.165, 1.54) is 64.2 Å². The fourth-order valence-electron chi connectivity index (χ4n) is 8.98. The summed E-state index contributed by atoms with van der Waals surface area (Å²) in [5.41, 5.74) is 2.15. The van der Waals surface area contributed by atoms with Crippen molar-refractivity contribution < 1.29 is 9.47 Å². The molecule has 3 aliphatic carbocycles. The van der Waals surface area contributed by atoms with Gasteiger partial charge in [-0.2, -0.15) is 0 Å². The van der Waals surface area contributed by atoms with Crippen molar-refractivity contribution in [3.8, 4) is 0 Å². The van der Waals surface area contributed by atoms with Gasteiger partial charge in [0.2, 0.25) is 0 Å². The third-order valence-electron chi connectivity index (χ3n) is 11.4. The number of fused-ring (bicyclic) bond motifs is 3. The van der Waals surface area contributed by atoms with Crippen LogP contribution in [0.2, 0.25) is 0 Å². The molecule has 0 spiro atoms. The van der Waals surface area contributed by atoms with Crippen LogP contribution in [0.4, 0.5) is 0 Å². The van der Waals surface area contributed by atoms with Crippen LogP contribution in [0, 0.1) is 46.8 Å². The first-order chi connectivity index (χ1) is 18.6. The Kier molecular flexibility index (Phi) is 13.9. The maximum absolute atomic E-state index is 6.48. The van der Waals surface area contributed by atoms with E-state index in [0.29, 0.717) is 11.5 Å².